The highest BCUT2D eigenvalue weighted by molar-refractivity contribution is 6.36. The molecule has 2 aromatic rings. The summed E-state index contributed by atoms with van der Waals surface area (Å²) < 4.78 is 0. The van der Waals surface area contributed by atoms with Crippen molar-refractivity contribution in [3.8, 4) is 11.1 Å². The van der Waals surface area contributed by atoms with Gasteiger partial charge in [-0.05, 0) is 79.6 Å². The van der Waals surface area contributed by atoms with Crippen LogP contribution >= 0.6 is 23.2 Å². The minimum atomic E-state index is 0.602. The number of nitrogens with zero attached hydrogens (tertiary/aromatic N) is 2. The van der Waals surface area contributed by atoms with Gasteiger partial charge in [0.25, 0.3) is 0 Å². The maximum atomic E-state index is 6.57. The van der Waals surface area contributed by atoms with Gasteiger partial charge in [-0.15, -0.1) is 6.58 Å². The van der Waals surface area contributed by atoms with Crippen molar-refractivity contribution in [3.05, 3.63) is 64.2 Å². The van der Waals surface area contributed by atoms with Crippen LogP contribution in [0.1, 0.15) is 42.7 Å². The highest BCUT2D eigenvalue weighted by Gasteiger charge is 2.43. The minimum Gasteiger partial charge on any atom is -0.367 e. The van der Waals surface area contributed by atoms with E-state index in [1.165, 1.54) is 68.7 Å². The van der Waals surface area contributed by atoms with Crippen LogP contribution in [0.3, 0.4) is 0 Å². The van der Waals surface area contributed by atoms with E-state index in [0.717, 1.165) is 17.0 Å². The third-order valence-corrected chi connectivity index (χ3v) is 7.48. The zero-order valence-corrected chi connectivity index (χ0v) is 18.4. The van der Waals surface area contributed by atoms with Gasteiger partial charge in [0.2, 0.25) is 0 Å². The maximum Gasteiger partial charge on any atom is 0.0499 e. The number of aryl methyl sites for hydroxylation is 1. The van der Waals surface area contributed by atoms with Gasteiger partial charge in [-0.25, -0.2) is 0 Å². The lowest BCUT2D eigenvalue weighted by molar-refractivity contribution is 0.191. The molecular formula is C25H28Cl2N2. The van der Waals surface area contributed by atoms with Crippen LogP contribution in [0.25, 0.3) is 11.1 Å². The summed E-state index contributed by atoms with van der Waals surface area (Å²) in [5.74, 6) is 0.602. The average molecular weight is 427 g/mol. The van der Waals surface area contributed by atoms with Gasteiger partial charge >= 0.3 is 0 Å². The van der Waals surface area contributed by atoms with Crippen LogP contribution < -0.4 is 4.90 Å². The Morgan fingerprint density at radius 3 is 2.86 bits per heavy atom. The predicted octanol–water partition coefficient (Wildman–Crippen LogP) is 6.55. The summed E-state index contributed by atoms with van der Waals surface area (Å²) >= 11 is 12.7. The normalized spacial score (nSPS) is 23.0. The lowest BCUT2D eigenvalue weighted by Gasteiger charge is -2.40. The molecular weight excluding hydrogens is 399 g/mol. The summed E-state index contributed by atoms with van der Waals surface area (Å²) in [7, 11) is 0. The monoisotopic (exact) mass is 426 g/mol. The van der Waals surface area contributed by atoms with Gasteiger partial charge in [0, 0.05) is 52.9 Å². The van der Waals surface area contributed by atoms with E-state index in [-0.39, 0.29) is 0 Å². The summed E-state index contributed by atoms with van der Waals surface area (Å²) in [6.07, 6.45) is 8.04. The van der Waals surface area contributed by atoms with Gasteiger partial charge in [0.05, 0.1) is 0 Å². The molecule has 0 aliphatic carbocycles. The Bertz CT molecular complexity index is 939. The van der Waals surface area contributed by atoms with Gasteiger partial charge in [-0.2, -0.15) is 0 Å². The molecule has 29 heavy (non-hydrogen) atoms. The third kappa shape index (κ3) is 3.50. The quantitative estimate of drug-likeness (QED) is 0.394. The molecule has 0 saturated carbocycles. The number of anilines is 1. The standard InChI is InChI=1S/C25H28Cl2N2/c1-2-3-4-10-28-12-9-24-22(16-28)21-14-18(20-8-7-19(26)15-23(20)27)13-17-6-5-11-29(24)25(17)21/h2,7-8,13-15,22,24H,1,3-6,9-12,16H2/t22-,24-/m0/s1. The first kappa shape index (κ1) is 19.5. The number of likely N-dealkylation sites (tertiary alicyclic amines) is 1. The number of halogens is 2. The number of hydrogen-bond donors (Lipinski definition) is 0. The smallest absolute Gasteiger partial charge is 0.0499 e. The van der Waals surface area contributed by atoms with Gasteiger partial charge in [0.1, 0.15) is 0 Å². The fraction of sp³-hybridized carbons (Fsp3) is 0.440. The van der Waals surface area contributed by atoms with E-state index >= 15 is 0 Å². The molecule has 2 aromatic carbocycles. The Balaban J connectivity index is 1.52. The predicted molar refractivity (Wildman–Crippen MR) is 125 cm³/mol. The first-order valence-electron chi connectivity index (χ1n) is 10.9. The first-order chi connectivity index (χ1) is 14.2. The van der Waals surface area contributed by atoms with E-state index in [1.807, 2.05) is 18.2 Å². The van der Waals surface area contributed by atoms with E-state index in [9.17, 15) is 0 Å². The van der Waals surface area contributed by atoms with Gasteiger partial charge in [-0.3, -0.25) is 0 Å². The number of unbranched alkanes of at least 4 members (excludes halogenated alkanes) is 1. The average Bonchev–Trinajstić information content (AvgIpc) is 3.03. The molecule has 3 aliphatic heterocycles. The molecule has 0 radical (unpaired) electrons. The summed E-state index contributed by atoms with van der Waals surface area (Å²) in [6.45, 7) is 8.64. The second-order valence-electron chi connectivity index (χ2n) is 8.69. The number of benzene rings is 2. The van der Waals surface area contributed by atoms with Crippen molar-refractivity contribution in [3.63, 3.8) is 0 Å². The summed E-state index contributed by atoms with van der Waals surface area (Å²) in [5.41, 5.74) is 6.91. The molecule has 0 spiro atoms. The van der Waals surface area contributed by atoms with E-state index in [0.29, 0.717) is 17.0 Å². The van der Waals surface area contributed by atoms with Crippen molar-refractivity contribution in [1.29, 1.82) is 0 Å². The molecule has 3 aliphatic rings. The van der Waals surface area contributed by atoms with Crippen LogP contribution in [-0.2, 0) is 6.42 Å². The second kappa shape index (κ2) is 7.98. The summed E-state index contributed by atoms with van der Waals surface area (Å²) in [5, 5.41) is 1.43. The number of piperidine rings is 1. The highest BCUT2D eigenvalue weighted by Crippen LogP contribution is 2.50. The molecule has 5 rings (SSSR count). The lowest BCUT2D eigenvalue weighted by Crippen LogP contribution is -2.47. The van der Waals surface area contributed by atoms with Gasteiger partial charge in [-0.1, -0.05) is 35.3 Å². The maximum absolute atomic E-state index is 6.57. The largest absolute Gasteiger partial charge is 0.367 e. The molecule has 1 fully saturated rings. The van der Waals surface area contributed by atoms with Crippen molar-refractivity contribution in [2.45, 2.75) is 44.1 Å². The number of hydrogen-bond acceptors (Lipinski definition) is 2. The number of rotatable bonds is 5. The van der Waals surface area contributed by atoms with E-state index in [2.05, 4.69) is 34.6 Å². The first-order valence-corrected chi connectivity index (χ1v) is 11.6. The molecule has 0 N–H and O–H groups in total. The molecule has 0 unspecified atom stereocenters. The van der Waals surface area contributed by atoms with Crippen molar-refractivity contribution >= 4 is 28.9 Å². The fourth-order valence-electron chi connectivity index (χ4n) is 5.65. The van der Waals surface area contributed by atoms with Gasteiger partial charge < -0.3 is 9.80 Å². The minimum absolute atomic E-state index is 0.602. The molecule has 152 valence electrons. The Morgan fingerprint density at radius 1 is 1.14 bits per heavy atom. The number of fused-ring (bicyclic) bond motifs is 3. The van der Waals surface area contributed by atoms with Crippen molar-refractivity contribution in [1.82, 2.24) is 4.90 Å². The highest BCUT2D eigenvalue weighted by atomic mass is 35.5. The van der Waals surface area contributed by atoms with Crippen molar-refractivity contribution < 1.29 is 0 Å². The Labute approximate surface area is 184 Å². The Kier molecular flexibility index (Phi) is 5.36. The second-order valence-corrected chi connectivity index (χ2v) is 9.53. The van der Waals surface area contributed by atoms with Crippen LogP contribution in [-0.4, -0.2) is 37.1 Å². The molecule has 1 saturated heterocycles. The summed E-state index contributed by atoms with van der Waals surface area (Å²) in [4.78, 5) is 5.39. The van der Waals surface area contributed by atoms with Crippen molar-refractivity contribution in [2.75, 3.05) is 31.1 Å². The molecule has 0 amide bonds. The lowest BCUT2D eigenvalue weighted by atomic mass is 9.86. The van der Waals surface area contributed by atoms with E-state index in [4.69, 9.17) is 23.2 Å². The SMILES string of the molecule is C=CCCCN1CC[C@H]2[C@@H](C1)c1cc(-c3ccc(Cl)cc3Cl)cc3c1N2CCC3. The van der Waals surface area contributed by atoms with Crippen LogP contribution in [0, 0.1) is 0 Å². The Hall–Kier alpha value is -1.48. The fourth-order valence-corrected chi connectivity index (χ4v) is 6.17. The zero-order chi connectivity index (χ0) is 20.0. The van der Waals surface area contributed by atoms with Crippen LogP contribution in [0.15, 0.2) is 43.0 Å². The van der Waals surface area contributed by atoms with Crippen molar-refractivity contribution in [2.24, 2.45) is 0 Å². The number of allylic oxidation sites excluding steroid dienone is 1. The Morgan fingerprint density at radius 2 is 2.03 bits per heavy atom. The van der Waals surface area contributed by atoms with E-state index in [1.54, 1.807) is 5.56 Å². The molecule has 3 heterocycles. The summed E-state index contributed by atoms with van der Waals surface area (Å²) in [6, 6.07) is 11.3. The molecule has 0 bridgehead atoms. The van der Waals surface area contributed by atoms with Gasteiger partial charge in [0.15, 0.2) is 0 Å². The third-order valence-electron chi connectivity index (χ3n) is 6.94. The zero-order valence-electron chi connectivity index (χ0n) is 16.8. The molecule has 2 atom stereocenters. The topological polar surface area (TPSA) is 6.48 Å². The molecule has 2 nitrogen and oxygen atoms in total. The van der Waals surface area contributed by atoms with Crippen LogP contribution in [0.4, 0.5) is 5.69 Å². The molecule has 0 aromatic heterocycles. The molecule has 4 heteroatoms. The van der Waals surface area contributed by atoms with E-state index < -0.39 is 0 Å². The van der Waals surface area contributed by atoms with Crippen LogP contribution in [0.2, 0.25) is 10.0 Å². The van der Waals surface area contributed by atoms with Crippen LogP contribution in [0.5, 0.6) is 0 Å².